The first-order valence-corrected chi connectivity index (χ1v) is 24.9. The van der Waals surface area contributed by atoms with Crippen molar-refractivity contribution in [2.24, 2.45) is 16.7 Å². The number of thiazole rings is 1. The van der Waals surface area contributed by atoms with E-state index in [1.165, 1.54) is 27.3 Å². The van der Waals surface area contributed by atoms with Gasteiger partial charge in [-0.05, 0) is 87.8 Å². The maximum atomic E-state index is 14.7. The summed E-state index contributed by atoms with van der Waals surface area (Å²) in [4.78, 5) is 84.3. The number of likely N-dealkylation sites (N-methyl/N-ethyl adjacent to an activating group) is 1. The molecule has 3 aromatic heterocycles. The molecule has 8 rings (SSSR count). The Hall–Kier alpha value is -5.65. The van der Waals surface area contributed by atoms with Crippen LogP contribution in [-0.2, 0) is 48.0 Å². The molecule has 5 amide bonds. The summed E-state index contributed by atoms with van der Waals surface area (Å²) in [7, 11) is 3.33. The number of urea groups is 1. The fraction of sp³-hybridized carbons (Fsp3) is 0.549. The van der Waals surface area contributed by atoms with Gasteiger partial charge in [-0.15, -0.1) is 11.3 Å². The number of hydrogen-bond donors (Lipinski definition) is 2. The van der Waals surface area contributed by atoms with Gasteiger partial charge in [-0.1, -0.05) is 40.3 Å². The molecule has 7 heterocycles. The molecule has 1 spiro atoms. The van der Waals surface area contributed by atoms with Crippen LogP contribution in [0.25, 0.3) is 33.4 Å². The number of ether oxygens (including phenoxy) is 2. The normalized spacial score (nSPS) is 21.5. The van der Waals surface area contributed by atoms with Crippen molar-refractivity contribution in [1.82, 2.24) is 45.0 Å². The van der Waals surface area contributed by atoms with Gasteiger partial charge in [0.05, 0.1) is 34.8 Å². The third kappa shape index (κ3) is 9.66. The van der Waals surface area contributed by atoms with Crippen LogP contribution in [0.3, 0.4) is 0 Å². The highest BCUT2D eigenvalue weighted by Gasteiger charge is 2.49. The third-order valence-corrected chi connectivity index (χ3v) is 15.3. The van der Waals surface area contributed by atoms with Crippen LogP contribution in [0.15, 0.2) is 54.6 Å². The molecule has 3 fully saturated rings. The Balaban J connectivity index is 1.11. The molecule has 6 bridgehead atoms. The molecule has 4 aliphatic rings. The monoisotopic (exact) mass is 949 g/mol. The Morgan fingerprint density at radius 2 is 1.85 bits per heavy atom. The van der Waals surface area contributed by atoms with Gasteiger partial charge < -0.3 is 34.1 Å². The van der Waals surface area contributed by atoms with E-state index >= 15 is 0 Å². The molecular weight excluding hydrogens is 883 g/mol. The van der Waals surface area contributed by atoms with Crippen molar-refractivity contribution in [3.05, 3.63) is 70.8 Å². The first-order valence-electron chi connectivity index (χ1n) is 24.0. The number of nitrogens with zero attached hydrogens (tertiary/aromatic N) is 7. The molecule has 16 nitrogen and oxygen atoms in total. The zero-order chi connectivity index (χ0) is 48.7. The number of pyridine rings is 1. The Morgan fingerprint density at radius 3 is 2.54 bits per heavy atom. The molecule has 68 heavy (non-hydrogen) atoms. The zero-order valence-corrected chi connectivity index (χ0v) is 41.6. The highest BCUT2D eigenvalue weighted by molar-refractivity contribution is 7.10. The largest absolute Gasteiger partial charge is 0.464 e. The van der Waals surface area contributed by atoms with Gasteiger partial charge in [-0.25, -0.2) is 15.2 Å². The third-order valence-electron chi connectivity index (χ3n) is 14.4. The first-order chi connectivity index (χ1) is 32.5. The molecule has 1 aromatic carbocycles. The second kappa shape index (κ2) is 19.8. The van der Waals surface area contributed by atoms with Gasteiger partial charge in [0.15, 0.2) is 0 Å². The molecule has 364 valence electrons. The van der Waals surface area contributed by atoms with Crippen LogP contribution < -0.4 is 10.7 Å². The van der Waals surface area contributed by atoms with Gasteiger partial charge >= 0.3 is 12.0 Å². The van der Waals surface area contributed by atoms with E-state index in [1.807, 2.05) is 32.2 Å². The number of benzene rings is 1. The molecule has 4 aromatic rings. The summed E-state index contributed by atoms with van der Waals surface area (Å²) in [6.07, 6.45) is 6.15. The van der Waals surface area contributed by atoms with Crippen molar-refractivity contribution in [1.29, 1.82) is 0 Å². The van der Waals surface area contributed by atoms with Crippen LogP contribution in [0, 0.1) is 16.7 Å². The topological polar surface area (TPSA) is 172 Å². The molecule has 0 aliphatic carbocycles. The van der Waals surface area contributed by atoms with Crippen molar-refractivity contribution in [2.75, 3.05) is 53.5 Å². The van der Waals surface area contributed by atoms with Gasteiger partial charge in [-0.3, -0.25) is 29.2 Å². The van der Waals surface area contributed by atoms with Crippen LogP contribution in [0.2, 0.25) is 0 Å². The predicted octanol–water partition coefficient (Wildman–Crippen LogP) is 6.39. The van der Waals surface area contributed by atoms with E-state index in [0.29, 0.717) is 63.5 Å². The number of esters is 1. The summed E-state index contributed by atoms with van der Waals surface area (Å²) in [5.41, 5.74) is 9.25. The number of rotatable bonds is 9. The number of hydrazine groups is 1. The number of aryl methyl sites for hydroxylation is 1. The molecule has 4 aliphatic heterocycles. The number of fused-ring (bicyclic) bond motifs is 6. The molecule has 1 unspecified atom stereocenters. The first kappa shape index (κ1) is 48.8. The van der Waals surface area contributed by atoms with Crippen molar-refractivity contribution in [2.45, 2.75) is 111 Å². The van der Waals surface area contributed by atoms with E-state index in [9.17, 15) is 24.0 Å². The zero-order valence-electron chi connectivity index (χ0n) is 40.8. The number of carbonyl (C=O) groups excluding carboxylic acids is 5. The summed E-state index contributed by atoms with van der Waals surface area (Å²) in [6, 6.07) is 7.44. The quantitative estimate of drug-likeness (QED) is 0.142. The summed E-state index contributed by atoms with van der Waals surface area (Å²) >= 11 is 1.42. The number of likely N-dealkylation sites (tertiary alicyclic amines) is 2. The lowest BCUT2D eigenvalue weighted by Crippen LogP contribution is -2.66. The lowest BCUT2D eigenvalue weighted by molar-refractivity contribution is -0.155. The van der Waals surface area contributed by atoms with E-state index < -0.39 is 41.3 Å². The highest BCUT2D eigenvalue weighted by atomic mass is 32.1. The number of hydrogen-bond acceptors (Lipinski definition) is 11. The molecule has 2 N–H and O–H groups in total. The van der Waals surface area contributed by atoms with Crippen LogP contribution in [0.1, 0.15) is 89.6 Å². The van der Waals surface area contributed by atoms with E-state index in [-0.39, 0.29) is 42.4 Å². The minimum absolute atomic E-state index is 0.0581. The number of nitrogens with one attached hydrogen (secondary N) is 2. The van der Waals surface area contributed by atoms with Gasteiger partial charge in [-0.2, -0.15) is 0 Å². The van der Waals surface area contributed by atoms with Crippen LogP contribution in [0.5, 0.6) is 0 Å². The van der Waals surface area contributed by atoms with E-state index in [1.54, 1.807) is 30.2 Å². The Bertz CT molecular complexity index is 2570. The maximum Gasteiger partial charge on any atom is 0.324 e. The van der Waals surface area contributed by atoms with E-state index in [0.717, 1.165) is 57.5 Å². The lowest BCUT2D eigenvalue weighted by Gasteiger charge is -2.54. The fourth-order valence-electron chi connectivity index (χ4n) is 10.6. The number of methoxy groups -OCH3 is 1. The second-order valence-electron chi connectivity index (χ2n) is 20.2. The summed E-state index contributed by atoms with van der Waals surface area (Å²) in [5, 5.41) is 8.17. The summed E-state index contributed by atoms with van der Waals surface area (Å²) in [6.45, 7) is 19.2. The number of amides is 5. The molecule has 0 radical (unpaired) electrons. The average molecular weight is 950 g/mol. The second-order valence-corrected chi connectivity index (χ2v) is 21.2. The van der Waals surface area contributed by atoms with Crippen LogP contribution in [-0.4, -0.2) is 136 Å². The minimum atomic E-state index is -1.07. The fourth-order valence-corrected chi connectivity index (χ4v) is 11.5. The molecule has 4 atom stereocenters. The smallest absolute Gasteiger partial charge is 0.324 e. The van der Waals surface area contributed by atoms with Crippen LogP contribution >= 0.6 is 11.3 Å². The van der Waals surface area contributed by atoms with E-state index in [4.69, 9.17) is 19.4 Å². The molecular formula is C51H67N9O7S. The molecule has 0 saturated carbocycles. The SMILES string of the molecule is C=CC(=O)N1CCC2(CC1)CN(C(=O)N(C)C(C(=O)N[C@H]1Cc3nc(cs3)-c3ccc4c(c3)c(c(-c3cccnc3[C@H](C)OC)n4CC)CC(C)(C)COC(=O)[C@@H]3CCCN(N3)C1=O)C(C)C)C2. The van der Waals surface area contributed by atoms with E-state index in [2.05, 4.69) is 66.9 Å². The molecule has 3 saturated heterocycles. The minimum Gasteiger partial charge on any atom is -0.464 e. The van der Waals surface area contributed by atoms with Gasteiger partial charge in [0.1, 0.15) is 18.1 Å². The number of piperidine rings is 1. The highest BCUT2D eigenvalue weighted by Crippen LogP contribution is 2.43. The predicted molar refractivity (Wildman–Crippen MR) is 261 cm³/mol. The van der Waals surface area contributed by atoms with Crippen molar-refractivity contribution < 1.29 is 33.4 Å². The standard InChI is InChI=1S/C51H67N9O7S/c1-10-42(61)57-22-18-51(19-23-57)28-58(29-51)49(65)56(8)44(31(3)4)46(62)54-38-25-41-53-39(27-68-41)33-16-17-40-35(24-33)36(45(59(40)11-2)34-14-12-20-52-43(34)32(5)66-9)26-50(6,7)30-67-48(64)37-15-13-21-60(55-37)47(38)63/h10,12,14,16-17,20,24,27,31-32,37-38,44,55H,1,11,13,15,18-19,21-23,25-26,28-30H2,2-9H3,(H,54,62)/t32-,37-,38-,44?/m0/s1. The number of carbonyl (C=O) groups is 5. The maximum absolute atomic E-state index is 14.7. The Labute approximate surface area is 403 Å². The van der Waals surface area contributed by atoms with Crippen molar-refractivity contribution in [3.63, 3.8) is 0 Å². The average Bonchev–Trinajstić information content (AvgIpc) is 3.92. The summed E-state index contributed by atoms with van der Waals surface area (Å²) < 4.78 is 14.3. The van der Waals surface area contributed by atoms with Gasteiger partial charge in [0.25, 0.3) is 5.91 Å². The Morgan fingerprint density at radius 1 is 1.10 bits per heavy atom. The van der Waals surface area contributed by atoms with Gasteiger partial charge in [0.2, 0.25) is 11.8 Å². The number of cyclic esters (lactones) is 1. The van der Waals surface area contributed by atoms with Crippen LogP contribution in [0.4, 0.5) is 4.79 Å². The molecule has 17 heteroatoms. The van der Waals surface area contributed by atoms with Crippen molar-refractivity contribution >= 4 is 52.0 Å². The number of aromatic nitrogens is 3. The Kier molecular flexibility index (Phi) is 14.2. The lowest BCUT2D eigenvalue weighted by atomic mass is 9.72. The summed E-state index contributed by atoms with van der Waals surface area (Å²) in [5.74, 6) is -1.69. The van der Waals surface area contributed by atoms with Crippen molar-refractivity contribution in [3.8, 4) is 22.5 Å². The van der Waals surface area contributed by atoms with Gasteiger partial charge in [0, 0.05) is 104 Å².